The minimum absolute atomic E-state index is 0.0885. The summed E-state index contributed by atoms with van der Waals surface area (Å²) in [6, 6.07) is 0. The summed E-state index contributed by atoms with van der Waals surface area (Å²) >= 11 is 0. The van der Waals surface area contributed by atoms with E-state index in [1.54, 1.807) is 4.90 Å². The zero-order chi connectivity index (χ0) is 6.57. The van der Waals surface area contributed by atoms with Crippen molar-refractivity contribution in [3.63, 3.8) is 0 Å². The van der Waals surface area contributed by atoms with Gasteiger partial charge in [0.05, 0.1) is 0 Å². The third-order valence-electron chi connectivity index (χ3n) is 0.702. The van der Waals surface area contributed by atoms with Crippen molar-refractivity contribution in [1.29, 1.82) is 0 Å². The Morgan fingerprint density at radius 1 is 1.62 bits per heavy atom. The van der Waals surface area contributed by atoms with Crippen molar-refractivity contribution in [3.8, 4) is 0 Å². The molecule has 48 valence electrons. The van der Waals surface area contributed by atoms with Crippen molar-refractivity contribution in [3.05, 3.63) is 11.8 Å². The van der Waals surface area contributed by atoms with Crippen molar-refractivity contribution >= 4 is 0 Å². The quantitative estimate of drug-likeness (QED) is 0.538. The first-order chi connectivity index (χ1) is 3.66. The fraction of sp³-hybridized carbons (Fsp3) is 0.667. The lowest BCUT2D eigenvalue weighted by atomic mass is 10.4. The molecule has 0 saturated carbocycles. The highest BCUT2D eigenvalue weighted by Crippen LogP contribution is 1.90. The average molecular weight is 115 g/mol. The largest absolute Gasteiger partial charge is 0.376 e. The van der Waals surface area contributed by atoms with Crippen molar-refractivity contribution in [1.82, 2.24) is 4.90 Å². The van der Waals surface area contributed by atoms with E-state index >= 15 is 0 Å². The summed E-state index contributed by atoms with van der Waals surface area (Å²) < 4.78 is 0. The molecular formula is C6H13NO. The monoisotopic (exact) mass is 115 g/mol. The summed E-state index contributed by atoms with van der Waals surface area (Å²) in [6.45, 7) is 4.07. The fourth-order valence-corrected chi connectivity index (χ4v) is 0.482. The van der Waals surface area contributed by atoms with Gasteiger partial charge in [-0.3, -0.25) is 0 Å². The van der Waals surface area contributed by atoms with Crippen molar-refractivity contribution < 1.29 is 5.11 Å². The molecule has 0 unspecified atom stereocenters. The molecule has 0 aliphatic carbocycles. The molecule has 0 aromatic carbocycles. The molecule has 0 fully saturated rings. The van der Waals surface area contributed by atoms with Gasteiger partial charge in [-0.25, -0.2) is 0 Å². The van der Waals surface area contributed by atoms with Gasteiger partial charge in [0.25, 0.3) is 0 Å². The van der Waals surface area contributed by atoms with Gasteiger partial charge >= 0.3 is 0 Å². The molecule has 0 atom stereocenters. The van der Waals surface area contributed by atoms with Gasteiger partial charge in [0, 0.05) is 7.05 Å². The highest BCUT2D eigenvalue weighted by molar-refractivity contribution is 4.90. The SMILES string of the molecule is CC(C)=CN(C)CO. The third kappa shape index (κ3) is 3.68. The molecule has 0 radical (unpaired) electrons. The Balaban J connectivity index is 3.51. The lowest BCUT2D eigenvalue weighted by molar-refractivity contribution is 0.174. The van der Waals surface area contributed by atoms with Crippen molar-refractivity contribution in [2.75, 3.05) is 13.8 Å². The van der Waals surface area contributed by atoms with Crippen LogP contribution in [-0.4, -0.2) is 23.8 Å². The van der Waals surface area contributed by atoms with Gasteiger partial charge in [0.1, 0.15) is 6.73 Å². The Kier molecular flexibility index (Phi) is 3.28. The molecule has 0 bridgehead atoms. The highest BCUT2D eigenvalue weighted by Gasteiger charge is 1.83. The molecule has 2 heteroatoms. The number of allylic oxidation sites excluding steroid dienone is 1. The summed E-state index contributed by atoms with van der Waals surface area (Å²) in [5.41, 5.74) is 1.20. The average Bonchev–Trinajstić information content (AvgIpc) is 1.65. The smallest absolute Gasteiger partial charge is 0.115 e. The molecule has 1 N–H and O–H groups in total. The first kappa shape index (κ1) is 7.50. The Labute approximate surface area is 50.4 Å². The number of hydrogen-bond donors (Lipinski definition) is 1. The molecule has 0 aromatic rings. The molecule has 0 aromatic heterocycles. The van der Waals surface area contributed by atoms with Gasteiger partial charge in [0.2, 0.25) is 0 Å². The Morgan fingerprint density at radius 3 is 2.25 bits per heavy atom. The summed E-state index contributed by atoms with van der Waals surface area (Å²) in [5.74, 6) is 0. The van der Waals surface area contributed by atoms with E-state index in [0.29, 0.717) is 0 Å². The second-order valence-electron chi connectivity index (χ2n) is 2.10. The van der Waals surface area contributed by atoms with Gasteiger partial charge in [0.15, 0.2) is 0 Å². The summed E-state index contributed by atoms with van der Waals surface area (Å²) in [4.78, 5) is 1.72. The van der Waals surface area contributed by atoms with Gasteiger partial charge in [-0.05, 0) is 20.0 Å². The van der Waals surface area contributed by atoms with E-state index in [1.807, 2.05) is 27.1 Å². The van der Waals surface area contributed by atoms with Crippen LogP contribution in [0, 0.1) is 0 Å². The van der Waals surface area contributed by atoms with Crippen LogP contribution in [0.25, 0.3) is 0 Å². The molecule has 0 heterocycles. The van der Waals surface area contributed by atoms with Crippen LogP contribution in [0.5, 0.6) is 0 Å². The second kappa shape index (κ2) is 3.50. The van der Waals surface area contributed by atoms with E-state index in [1.165, 1.54) is 5.57 Å². The molecule has 0 rings (SSSR count). The van der Waals surface area contributed by atoms with E-state index in [4.69, 9.17) is 5.11 Å². The minimum Gasteiger partial charge on any atom is -0.376 e. The minimum atomic E-state index is 0.0885. The van der Waals surface area contributed by atoms with Crippen molar-refractivity contribution in [2.45, 2.75) is 13.8 Å². The maximum Gasteiger partial charge on any atom is 0.115 e. The lowest BCUT2D eigenvalue weighted by Crippen LogP contribution is -2.11. The van der Waals surface area contributed by atoms with Crippen LogP contribution in [0.1, 0.15) is 13.8 Å². The van der Waals surface area contributed by atoms with Gasteiger partial charge in [-0.2, -0.15) is 0 Å². The molecule has 0 aliphatic rings. The molecule has 2 nitrogen and oxygen atoms in total. The number of hydrogen-bond acceptors (Lipinski definition) is 2. The summed E-state index contributed by atoms with van der Waals surface area (Å²) in [6.07, 6.45) is 1.89. The number of aliphatic hydroxyl groups is 1. The van der Waals surface area contributed by atoms with Crippen LogP contribution in [0.15, 0.2) is 11.8 Å². The van der Waals surface area contributed by atoms with E-state index < -0.39 is 0 Å². The van der Waals surface area contributed by atoms with Crippen LogP contribution in [0.3, 0.4) is 0 Å². The fourth-order valence-electron chi connectivity index (χ4n) is 0.482. The van der Waals surface area contributed by atoms with Crippen LogP contribution in [-0.2, 0) is 0 Å². The van der Waals surface area contributed by atoms with E-state index in [9.17, 15) is 0 Å². The van der Waals surface area contributed by atoms with E-state index in [0.717, 1.165) is 0 Å². The van der Waals surface area contributed by atoms with E-state index in [-0.39, 0.29) is 6.73 Å². The van der Waals surface area contributed by atoms with Crippen LogP contribution in [0.2, 0.25) is 0 Å². The number of nitrogens with zero attached hydrogens (tertiary/aromatic N) is 1. The number of aliphatic hydroxyl groups excluding tert-OH is 1. The predicted octanol–water partition coefficient (Wildman–Crippen LogP) is 0.792. The van der Waals surface area contributed by atoms with Gasteiger partial charge < -0.3 is 10.0 Å². The van der Waals surface area contributed by atoms with Crippen LogP contribution < -0.4 is 0 Å². The maximum atomic E-state index is 8.46. The Morgan fingerprint density at radius 2 is 2.12 bits per heavy atom. The predicted molar refractivity (Wildman–Crippen MR) is 34.3 cm³/mol. The Hall–Kier alpha value is -0.500. The second-order valence-corrected chi connectivity index (χ2v) is 2.10. The molecule has 0 aliphatic heterocycles. The van der Waals surface area contributed by atoms with Gasteiger partial charge in [-0.1, -0.05) is 5.57 Å². The first-order valence-electron chi connectivity index (χ1n) is 2.63. The van der Waals surface area contributed by atoms with Crippen LogP contribution >= 0.6 is 0 Å². The summed E-state index contributed by atoms with van der Waals surface area (Å²) in [7, 11) is 1.83. The summed E-state index contributed by atoms with van der Waals surface area (Å²) in [5, 5.41) is 8.46. The maximum absolute atomic E-state index is 8.46. The molecule has 8 heavy (non-hydrogen) atoms. The molecule has 0 amide bonds. The third-order valence-corrected chi connectivity index (χ3v) is 0.702. The zero-order valence-corrected chi connectivity index (χ0v) is 5.68. The standard InChI is InChI=1S/C6H13NO/c1-6(2)4-7(3)5-8/h4,8H,5H2,1-3H3. The molecular weight excluding hydrogens is 102 g/mol. The normalized spacial score (nSPS) is 8.50. The number of rotatable bonds is 2. The molecule has 0 saturated heterocycles. The van der Waals surface area contributed by atoms with Crippen molar-refractivity contribution in [2.24, 2.45) is 0 Å². The molecule has 0 spiro atoms. The Bertz CT molecular complexity index is 84.5. The topological polar surface area (TPSA) is 23.5 Å². The lowest BCUT2D eigenvalue weighted by Gasteiger charge is -2.08. The van der Waals surface area contributed by atoms with Crippen LogP contribution in [0.4, 0.5) is 0 Å². The first-order valence-corrected chi connectivity index (χ1v) is 2.63. The zero-order valence-electron chi connectivity index (χ0n) is 5.68. The highest BCUT2D eigenvalue weighted by atomic mass is 16.3. The van der Waals surface area contributed by atoms with E-state index in [2.05, 4.69) is 0 Å². The van der Waals surface area contributed by atoms with Gasteiger partial charge in [-0.15, -0.1) is 0 Å².